The van der Waals surface area contributed by atoms with Gasteiger partial charge >= 0.3 is 5.97 Å². The second-order valence-electron chi connectivity index (χ2n) is 2.88. The fourth-order valence-corrected chi connectivity index (χ4v) is 1.01. The van der Waals surface area contributed by atoms with E-state index in [1.165, 1.54) is 24.3 Å². The number of aliphatic carboxylic acids is 1. The summed E-state index contributed by atoms with van der Waals surface area (Å²) in [7, 11) is 0. The molecule has 0 unspecified atom stereocenters. The van der Waals surface area contributed by atoms with Gasteiger partial charge in [0, 0.05) is 0 Å². The molecule has 0 spiro atoms. The van der Waals surface area contributed by atoms with Crippen LogP contribution in [0.3, 0.4) is 0 Å². The highest BCUT2D eigenvalue weighted by Gasteiger charge is 2.06. The summed E-state index contributed by atoms with van der Waals surface area (Å²) in [5, 5.41) is 35.5. The van der Waals surface area contributed by atoms with Crippen molar-refractivity contribution in [3.05, 3.63) is 29.3 Å². The molecule has 4 N–H and O–H groups in total. The Balaban J connectivity index is 3.07. The van der Waals surface area contributed by atoms with Gasteiger partial charge in [0.25, 0.3) is 0 Å². The minimum atomic E-state index is -1.23. The minimum absolute atomic E-state index is 0.194. The van der Waals surface area contributed by atoms with Crippen molar-refractivity contribution in [3.8, 4) is 11.5 Å². The first-order chi connectivity index (χ1) is 7.04. The van der Waals surface area contributed by atoms with E-state index in [4.69, 9.17) is 20.4 Å². The molecule has 0 radical (unpaired) electrons. The Kier molecular flexibility index (Phi) is 3.30. The van der Waals surface area contributed by atoms with Crippen LogP contribution >= 0.6 is 0 Å². The van der Waals surface area contributed by atoms with Crippen LogP contribution in [0.4, 0.5) is 0 Å². The number of aliphatic hydroxyl groups excluding tert-OH is 1. The van der Waals surface area contributed by atoms with Gasteiger partial charge in [-0.2, -0.15) is 0 Å². The summed E-state index contributed by atoms with van der Waals surface area (Å²) in [6.45, 7) is -0.600. The molecule has 0 saturated heterocycles. The first kappa shape index (κ1) is 11.1. The van der Waals surface area contributed by atoms with E-state index in [0.717, 1.165) is 0 Å². The number of carboxylic acid groups (broad SMARTS) is 1. The highest BCUT2D eigenvalue weighted by molar-refractivity contribution is 5.92. The third kappa shape index (κ3) is 2.72. The lowest BCUT2D eigenvalue weighted by Gasteiger charge is -2.00. The number of phenolic OH excluding ortho intramolecular Hbond substituents is 2. The second kappa shape index (κ2) is 4.47. The third-order valence-corrected chi connectivity index (χ3v) is 1.79. The molecule has 5 nitrogen and oxygen atoms in total. The van der Waals surface area contributed by atoms with E-state index < -0.39 is 12.6 Å². The number of aromatic hydroxyl groups is 2. The summed E-state index contributed by atoms with van der Waals surface area (Å²) in [6, 6.07) is 3.86. The van der Waals surface area contributed by atoms with Crippen LogP contribution in [0.1, 0.15) is 5.56 Å². The Morgan fingerprint density at radius 1 is 1.27 bits per heavy atom. The standard InChI is InChI=1S/C10H10O5/c11-5-7(10(14)15)3-6-1-2-8(12)9(13)4-6/h1-4,11-13H,5H2,(H,14,15)/b7-3+. The highest BCUT2D eigenvalue weighted by atomic mass is 16.4. The number of benzene rings is 1. The zero-order valence-electron chi connectivity index (χ0n) is 7.71. The van der Waals surface area contributed by atoms with Crippen LogP contribution in [0, 0.1) is 0 Å². The van der Waals surface area contributed by atoms with E-state index in [1.807, 2.05) is 0 Å². The van der Waals surface area contributed by atoms with Gasteiger partial charge in [0.2, 0.25) is 0 Å². The van der Waals surface area contributed by atoms with E-state index >= 15 is 0 Å². The number of carbonyl (C=O) groups is 1. The molecule has 0 atom stereocenters. The van der Waals surface area contributed by atoms with Crippen LogP contribution < -0.4 is 0 Å². The molecule has 0 heterocycles. The predicted octanol–water partition coefficient (Wildman–Crippen LogP) is 0.558. The summed E-state index contributed by atoms with van der Waals surface area (Å²) >= 11 is 0. The zero-order valence-corrected chi connectivity index (χ0v) is 7.71. The molecule has 0 aromatic heterocycles. The van der Waals surface area contributed by atoms with Gasteiger partial charge in [0.05, 0.1) is 12.2 Å². The Bertz CT molecular complexity index is 408. The van der Waals surface area contributed by atoms with Gasteiger partial charge in [-0.15, -0.1) is 0 Å². The van der Waals surface area contributed by atoms with Crippen LogP contribution in [0.25, 0.3) is 6.08 Å². The van der Waals surface area contributed by atoms with Gasteiger partial charge in [-0.25, -0.2) is 4.79 Å². The van der Waals surface area contributed by atoms with Crippen molar-refractivity contribution in [1.82, 2.24) is 0 Å². The maximum absolute atomic E-state index is 10.5. The highest BCUT2D eigenvalue weighted by Crippen LogP contribution is 2.25. The van der Waals surface area contributed by atoms with E-state index in [-0.39, 0.29) is 17.1 Å². The normalized spacial score (nSPS) is 11.4. The number of aliphatic hydroxyl groups is 1. The molecule has 1 aromatic carbocycles. The van der Waals surface area contributed by atoms with Gasteiger partial charge in [0.15, 0.2) is 11.5 Å². The fraction of sp³-hybridized carbons (Fsp3) is 0.100. The van der Waals surface area contributed by atoms with E-state index in [9.17, 15) is 4.79 Å². The molecule has 0 aliphatic heterocycles. The molecule has 1 aromatic rings. The average molecular weight is 210 g/mol. The second-order valence-corrected chi connectivity index (χ2v) is 2.88. The number of carboxylic acids is 1. The van der Waals surface area contributed by atoms with E-state index in [1.54, 1.807) is 0 Å². The fourth-order valence-electron chi connectivity index (χ4n) is 1.01. The molecular formula is C10H10O5. The molecule has 0 saturated carbocycles. The zero-order chi connectivity index (χ0) is 11.4. The Morgan fingerprint density at radius 3 is 2.40 bits per heavy atom. The molecule has 15 heavy (non-hydrogen) atoms. The molecule has 80 valence electrons. The van der Waals surface area contributed by atoms with E-state index in [0.29, 0.717) is 5.56 Å². The van der Waals surface area contributed by atoms with Crippen LogP contribution in [0.15, 0.2) is 23.8 Å². The summed E-state index contributed by atoms with van der Waals surface area (Å²) in [5.41, 5.74) is 0.192. The molecule has 0 aliphatic rings. The summed E-state index contributed by atoms with van der Waals surface area (Å²) in [4.78, 5) is 10.5. The third-order valence-electron chi connectivity index (χ3n) is 1.79. The average Bonchev–Trinajstić information content (AvgIpc) is 2.19. The molecular weight excluding hydrogens is 200 g/mol. The van der Waals surface area contributed by atoms with Crippen molar-refractivity contribution in [1.29, 1.82) is 0 Å². The quantitative estimate of drug-likeness (QED) is 0.431. The maximum Gasteiger partial charge on any atom is 0.333 e. The largest absolute Gasteiger partial charge is 0.504 e. The van der Waals surface area contributed by atoms with Crippen molar-refractivity contribution in [2.45, 2.75) is 0 Å². The van der Waals surface area contributed by atoms with Crippen molar-refractivity contribution >= 4 is 12.0 Å². The smallest absolute Gasteiger partial charge is 0.333 e. The molecule has 1 rings (SSSR count). The topological polar surface area (TPSA) is 98.0 Å². The molecule has 0 aliphatic carbocycles. The van der Waals surface area contributed by atoms with Gasteiger partial charge in [-0.3, -0.25) is 0 Å². The SMILES string of the molecule is O=C(O)/C(=C/c1ccc(O)c(O)c1)CO. The molecule has 0 fully saturated rings. The number of hydrogen-bond acceptors (Lipinski definition) is 4. The summed E-state index contributed by atoms with van der Waals surface area (Å²) < 4.78 is 0. The summed E-state index contributed by atoms with van der Waals surface area (Å²) in [6.07, 6.45) is 1.21. The summed E-state index contributed by atoms with van der Waals surface area (Å²) in [5.74, 6) is -1.86. The first-order valence-corrected chi connectivity index (χ1v) is 4.11. The van der Waals surface area contributed by atoms with Crippen molar-refractivity contribution in [2.24, 2.45) is 0 Å². The Hall–Kier alpha value is -2.01. The molecule has 0 amide bonds. The van der Waals surface area contributed by atoms with Crippen LogP contribution in [0.2, 0.25) is 0 Å². The van der Waals surface area contributed by atoms with Crippen LogP contribution in [-0.4, -0.2) is 33.0 Å². The maximum atomic E-state index is 10.5. The Morgan fingerprint density at radius 2 is 1.93 bits per heavy atom. The first-order valence-electron chi connectivity index (χ1n) is 4.11. The van der Waals surface area contributed by atoms with Gasteiger partial charge in [-0.05, 0) is 23.8 Å². The Labute approximate surface area is 85.5 Å². The number of rotatable bonds is 3. The van der Waals surface area contributed by atoms with Crippen LogP contribution in [0.5, 0.6) is 11.5 Å². The van der Waals surface area contributed by atoms with Crippen LogP contribution in [-0.2, 0) is 4.79 Å². The van der Waals surface area contributed by atoms with Gasteiger partial charge in [-0.1, -0.05) is 6.07 Å². The van der Waals surface area contributed by atoms with Gasteiger partial charge < -0.3 is 20.4 Å². The predicted molar refractivity (Wildman–Crippen MR) is 52.5 cm³/mol. The lowest BCUT2D eigenvalue weighted by Crippen LogP contribution is -2.04. The number of hydrogen-bond donors (Lipinski definition) is 4. The lowest BCUT2D eigenvalue weighted by molar-refractivity contribution is -0.133. The van der Waals surface area contributed by atoms with Crippen molar-refractivity contribution < 1.29 is 25.2 Å². The molecule has 5 heteroatoms. The lowest BCUT2D eigenvalue weighted by atomic mass is 10.1. The minimum Gasteiger partial charge on any atom is -0.504 e. The van der Waals surface area contributed by atoms with Gasteiger partial charge in [0.1, 0.15) is 0 Å². The van der Waals surface area contributed by atoms with Crippen molar-refractivity contribution in [3.63, 3.8) is 0 Å². The number of phenols is 2. The van der Waals surface area contributed by atoms with Crippen molar-refractivity contribution in [2.75, 3.05) is 6.61 Å². The monoisotopic (exact) mass is 210 g/mol. The van der Waals surface area contributed by atoms with E-state index in [2.05, 4.69) is 0 Å². The molecule has 0 bridgehead atoms.